The quantitative estimate of drug-likeness (QED) is 0.266. The van der Waals surface area contributed by atoms with Gasteiger partial charge in [0, 0.05) is 12.6 Å². The molecule has 0 N–H and O–H groups in total. The molecule has 3 unspecified atom stereocenters. The average Bonchev–Trinajstić information content (AvgIpc) is 2.19. The van der Waals surface area contributed by atoms with E-state index in [-0.39, 0.29) is 0 Å². The van der Waals surface area contributed by atoms with Gasteiger partial charge in [-0.25, -0.2) is 0 Å². The van der Waals surface area contributed by atoms with Gasteiger partial charge in [-0.3, -0.25) is 4.67 Å². The normalized spacial score (nSPS) is 42.2. The lowest BCUT2D eigenvalue weighted by Gasteiger charge is -1.78. The van der Waals surface area contributed by atoms with Gasteiger partial charge in [0.05, 0.1) is 0 Å². The van der Waals surface area contributed by atoms with Crippen LogP contribution in [-0.4, -0.2) is 17.3 Å². The van der Waals surface area contributed by atoms with Crippen LogP contribution in [0.4, 0.5) is 0 Å². The van der Waals surface area contributed by atoms with E-state index in [9.17, 15) is 0 Å². The second-order valence-corrected chi connectivity index (χ2v) is 2.16. The van der Waals surface area contributed by atoms with E-state index in [0.29, 0.717) is 6.04 Å². The van der Waals surface area contributed by atoms with Crippen LogP contribution in [0.1, 0.15) is 0 Å². The molecule has 0 aromatic heterocycles. The Labute approximate surface area is 40.3 Å². The summed E-state index contributed by atoms with van der Waals surface area (Å²) in [4.78, 5) is 0. The minimum Gasteiger partial charge on any atom is -0.278 e. The lowest BCUT2D eigenvalue weighted by Crippen LogP contribution is -1.76. The topological polar surface area (TPSA) is 3.01 Å². The lowest BCUT2D eigenvalue weighted by molar-refractivity contribution is 0.895. The first-order valence-electron chi connectivity index (χ1n) is 1.98. The van der Waals surface area contributed by atoms with Crippen LogP contribution < -0.4 is 0 Å². The highest BCUT2D eigenvalue weighted by Gasteiger charge is 2.25. The summed E-state index contributed by atoms with van der Waals surface area (Å²) in [7, 11) is 2.61. The van der Waals surface area contributed by atoms with Crippen molar-refractivity contribution in [2.45, 2.75) is 6.04 Å². The monoisotopic (exact) mass is 101 g/mol. The summed E-state index contributed by atoms with van der Waals surface area (Å²) in [6.07, 6.45) is 1.95. The van der Waals surface area contributed by atoms with Crippen LogP contribution in [0, 0.1) is 0 Å². The van der Waals surface area contributed by atoms with Crippen molar-refractivity contribution in [2.24, 2.45) is 0 Å². The van der Waals surface area contributed by atoms with Crippen molar-refractivity contribution < 1.29 is 0 Å². The van der Waals surface area contributed by atoms with Crippen LogP contribution in [0.2, 0.25) is 0 Å². The second kappa shape index (κ2) is 1.32. The van der Waals surface area contributed by atoms with Crippen LogP contribution >= 0.6 is 9.39 Å². The predicted octanol–water partition coefficient (Wildman–Crippen LogP) is 0.647. The second-order valence-electron chi connectivity index (χ2n) is 1.50. The minimum atomic E-state index is 0.662. The molecule has 0 radical (unpaired) electrons. The van der Waals surface area contributed by atoms with Crippen molar-refractivity contribution in [3.8, 4) is 0 Å². The maximum Gasteiger partial charge on any atom is 0.0439 e. The van der Waals surface area contributed by atoms with E-state index in [2.05, 4.69) is 20.6 Å². The largest absolute Gasteiger partial charge is 0.278 e. The predicted molar refractivity (Wildman–Crippen MR) is 30.4 cm³/mol. The van der Waals surface area contributed by atoms with Crippen molar-refractivity contribution in [1.82, 2.24) is 4.67 Å². The molecule has 0 aliphatic carbocycles. The van der Waals surface area contributed by atoms with Crippen LogP contribution in [0.5, 0.6) is 0 Å². The molecule has 0 aromatic rings. The van der Waals surface area contributed by atoms with Gasteiger partial charge in [0.2, 0.25) is 0 Å². The van der Waals surface area contributed by atoms with E-state index in [0.717, 1.165) is 0 Å². The van der Waals surface area contributed by atoms with Gasteiger partial charge < -0.3 is 0 Å². The number of hydrogen-bond acceptors (Lipinski definition) is 1. The molecule has 3 atom stereocenters. The number of hydrogen-bond donors (Lipinski definition) is 0. The molecule has 0 amide bonds. The average molecular weight is 101 g/mol. The van der Waals surface area contributed by atoms with E-state index in [4.69, 9.17) is 0 Å². The summed E-state index contributed by atoms with van der Waals surface area (Å²) in [6, 6.07) is 0.662. The van der Waals surface area contributed by atoms with E-state index in [1.807, 2.05) is 6.08 Å². The Morgan fingerprint density at radius 2 is 2.50 bits per heavy atom. The van der Waals surface area contributed by atoms with Gasteiger partial charge in [0.15, 0.2) is 0 Å². The highest BCUT2D eigenvalue weighted by molar-refractivity contribution is 7.13. The summed E-state index contributed by atoms with van der Waals surface area (Å²) < 4.78 is 2.15. The molecule has 0 bridgehead atoms. The minimum absolute atomic E-state index is 0.662. The molecule has 0 saturated carbocycles. The van der Waals surface area contributed by atoms with Crippen LogP contribution in [0.15, 0.2) is 12.7 Å². The maximum absolute atomic E-state index is 3.62. The SMILES string of the molecule is C=CC1CN1P. The summed E-state index contributed by atoms with van der Waals surface area (Å²) in [5.74, 6) is 0. The first kappa shape index (κ1) is 4.29. The molecule has 0 aromatic carbocycles. The molecule has 1 nitrogen and oxygen atoms in total. The van der Waals surface area contributed by atoms with Crippen molar-refractivity contribution in [3.05, 3.63) is 12.7 Å². The smallest absolute Gasteiger partial charge is 0.0439 e. The molecule has 1 saturated heterocycles. The first-order chi connectivity index (χ1) is 2.84. The van der Waals surface area contributed by atoms with Gasteiger partial charge in [-0.2, -0.15) is 0 Å². The lowest BCUT2D eigenvalue weighted by atomic mass is 10.5. The highest BCUT2D eigenvalue weighted by atomic mass is 31.0. The summed E-state index contributed by atoms with van der Waals surface area (Å²) in [5, 5.41) is 0. The van der Waals surface area contributed by atoms with Gasteiger partial charge in [0.1, 0.15) is 0 Å². The third kappa shape index (κ3) is 0.612. The Kier molecular flexibility index (Phi) is 0.947. The van der Waals surface area contributed by atoms with E-state index in [1.54, 1.807) is 0 Å². The van der Waals surface area contributed by atoms with Gasteiger partial charge in [-0.05, 0) is 0 Å². The van der Waals surface area contributed by atoms with Crippen LogP contribution in [0.25, 0.3) is 0 Å². The molecule has 34 valence electrons. The third-order valence-corrected chi connectivity index (χ3v) is 1.56. The first-order valence-corrected chi connectivity index (χ1v) is 2.50. The molecule has 1 aliphatic rings. The Bertz CT molecular complexity index is 71.9. The molecule has 2 heteroatoms. The Morgan fingerprint density at radius 1 is 2.00 bits per heavy atom. The molecule has 6 heavy (non-hydrogen) atoms. The van der Waals surface area contributed by atoms with Gasteiger partial charge >= 0.3 is 0 Å². The standard InChI is InChI=1S/C4H8NP/c1-2-4-3-5(4)6/h2,4H,1,3,6H2. The molecule has 1 fully saturated rings. The summed E-state index contributed by atoms with van der Waals surface area (Å²) in [6.45, 7) is 4.79. The van der Waals surface area contributed by atoms with E-state index >= 15 is 0 Å². The van der Waals surface area contributed by atoms with Crippen molar-refractivity contribution >= 4 is 9.39 Å². The van der Waals surface area contributed by atoms with E-state index in [1.165, 1.54) is 6.54 Å². The van der Waals surface area contributed by atoms with Crippen molar-refractivity contribution in [3.63, 3.8) is 0 Å². The molecule has 0 spiro atoms. The zero-order chi connectivity index (χ0) is 4.57. The molecule has 1 rings (SSSR count). The summed E-state index contributed by atoms with van der Waals surface area (Å²) in [5.41, 5.74) is 0. The van der Waals surface area contributed by atoms with Gasteiger partial charge in [-0.15, -0.1) is 6.58 Å². The Hall–Kier alpha value is 0.130. The van der Waals surface area contributed by atoms with Crippen molar-refractivity contribution in [1.29, 1.82) is 0 Å². The van der Waals surface area contributed by atoms with Crippen molar-refractivity contribution in [2.75, 3.05) is 6.54 Å². The Balaban J connectivity index is 2.25. The number of nitrogens with zero attached hydrogens (tertiary/aromatic N) is 1. The Morgan fingerprint density at radius 3 is 2.50 bits per heavy atom. The van der Waals surface area contributed by atoms with Gasteiger partial charge in [-0.1, -0.05) is 15.5 Å². The number of rotatable bonds is 1. The molecular formula is C4H8NP. The molecule has 1 heterocycles. The summed E-state index contributed by atoms with van der Waals surface area (Å²) >= 11 is 0. The van der Waals surface area contributed by atoms with Crippen LogP contribution in [0.3, 0.4) is 0 Å². The molecule has 1 aliphatic heterocycles. The van der Waals surface area contributed by atoms with Gasteiger partial charge in [0.25, 0.3) is 0 Å². The fourth-order valence-electron chi connectivity index (χ4n) is 0.379. The fraction of sp³-hybridized carbons (Fsp3) is 0.500. The zero-order valence-corrected chi connectivity index (χ0v) is 4.75. The van der Waals surface area contributed by atoms with E-state index < -0.39 is 0 Å². The zero-order valence-electron chi connectivity index (χ0n) is 3.59. The van der Waals surface area contributed by atoms with Crippen LogP contribution in [-0.2, 0) is 0 Å². The fourth-order valence-corrected chi connectivity index (χ4v) is 0.716. The highest BCUT2D eigenvalue weighted by Crippen LogP contribution is 2.21. The molecular weight excluding hydrogens is 93.0 g/mol. The maximum atomic E-state index is 3.62. The third-order valence-electron chi connectivity index (χ3n) is 0.962.